The molecule has 1 aromatic rings. The third-order valence-electron chi connectivity index (χ3n) is 2.86. The van der Waals surface area contributed by atoms with Crippen LogP contribution in [0.5, 0.6) is 0 Å². The largest absolute Gasteiger partial charge is 0.387 e. The Labute approximate surface area is 124 Å². The molecule has 0 bridgehead atoms. The van der Waals surface area contributed by atoms with Crippen molar-refractivity contribution < 1.29 is 9.84 Å². The maximum Gasteiger partial charge on any atom is 0.0929 e. The number of nitrogens with one attached hydrogen (secondary N) is 1. The van der Waals surface area contributed by atoms with Gasteiger partial charge in [-0.2, -0.15) is 0 Å². The Bertz CT molecular complexity index is 374. The number of hydrogen-bond donors (Lipinski definition) is 2. The van der Waals surface area contributed by atoms with E-state index < -0.39 is 6.10 Å². The van der Waals surface area contributed by atoms with Gasteiger partial charge >= 0.3 is 0 Å². The lowest BCUT2D eigenvalue weighted by atomic mass is 10.1. The average molecular weight is 306 g/mol. The van der Waals surface area contributed by atoms with E-state index in [0.717, 1.165) is 32.4 Å². The number of unbranched alkanes of at least 4 members (excludes halogenated alkanes) is 2. The number of methoxy groups -OCH3 is 1. The minimum Gasteiger partial charge on any atom is -0.387 e. The van der Waals surface area contributed by atoms with Crippen LogP contribution in [-0.4, -0.2) is 31.9 Å². The van der Waals surface area contributed by atoms with Crippen molar-refractivity contribution in [2.75, 3.05) is 26.8 Å². The molecular weight excluding hydrogens is 285 g/mol. The predicted octanol–water partition coefficient (Wildman–Crippen LogP) is 3.43. The predicted molar refractivity (Wildman–Crippen MR) is 80.0 cm³/mol. The minimum absolute atomic E-state index is 0.477. The van der Waals surface area contributed by atoms with E-state index in [1.165, 1.54) is 0 Å². The van der Waals surface area contributed by atoms with Crippen LogP contribution in [0, 0.1) is 0 Å². The van der Waals surface area contributed by atoms with E-state index in [-0.39, 0.29) is 0 Å². The Hall–Kier alpha value is -0.320. The van der Waals surface area contributed by atoms with Crippen molar-refractivity contribution in [3.8, 4) is 0 Å². The summed E-state index contributed by atoms with van der Waals surface area (Å²) in [5.74, 6) is 0. The third kappa shape index (κ3) is 6.59. The van der Waals surface area contributed by atoms with E-state index in [1.54, 1.807) is 25.3 Å². The molecule has 5 heteroatoms. The second-order valence-corrected chi connectivity index (χ2v) is 5.28. The SMILES string of the molecule is COCCCCCNCC(O)c1cc(Cl)ccc1Cl. The third-order valence-corrected chi connectivity index (χ3v) is 3.44. The molecule has 19 heavy (non-hydrogen) atoms. The Morgan fingerprint density at radius 3 is 2.79 bits per heavy atom. The highest BCUT2D eigenvalue weighted by Gasteiger charge is 2.11. The Morgan fingerprint density at radius 1 is 1.26 bits per heavy atom. The summed E-state index contributed by atoms with van der Waals surface area (Å²) >= 11 is 11.9. The molecule has 1 unspecified atom stereocenters. The second kappa shape index (κ2) is 9.56. The highest BCUT2D eigenvalue weighted by molar-refractivity contribution is 6.33. The van der Waals surface area contributed by atoms with E-state index in [1.807, 2.05) is 0 Å². The van der Waals surface area contributed by atoms with Gasteiger partial charge in [-0.25, -0.2) is 0 Å². The van der Waals surface area contributed by atoms with Gasteiger partial charge in [-0.1, -0.05) is 23.2 Å². The van der Waals surface area contributed by atoms with Crippen LogP contribution in [-0.2, 0) is 4.74 Å². The summed E-state index contributed by atoms with van der Waals surface area (Å²) in [7, 11) is 1.71. The number of rotatable bonds is 9. The molecule has 3 nitrogen and oxygen atoms in total. The molecule has 0 radical (unpaired) electrons. The molecule has 1 aromatic carbocycles. The van der Waals surface area contributed by atoms with E-state index in [0.29, 0.717) is 22.2 Å². The van der Waals surface area contributed by atoms with E-state index in [4.69, 9.17) is 27.9 Å². The molecule has 0 saturated carbocycles. The number of aliphatic hydroxyl groups is 1. The number of aliphatic hydroxyl groups excluding tert-OH is 1. The van der Waals surface area contributed by atoms with Crippen molar-refractivity contribution in [3.05, 3.63) is 33.8 Å². The molecule has 0 aliphatic rings. The lowest BCUT2D eigenvalue weighted by Crippen LogP contribution is -2.22. The highest BCUT2D eigenvalue weighted by Crippen LogP contribution is 2.25. The van der Waals surface area contributed by atoms with Gasteiger partial charge in [0, 0.05) is 35.9 Å². The maximum absolute atomic E-state index is 10.0. The topological polar surface area (TPSA) is 41.5 Å². The van der Waals surface area contributed by atoms with Crippen molar-refractivity contribution in [2.24, 2.45) is 0 Å². The molecular formula is C14H21Cl2NO2. The van der Waals surface area contributed by atoms with Crippen molar-refractivity contribution in [2.45, 2.75) is 25.4 Å². The Kier molecular flexibility index (Phi) is 8.42. The molecule has 2 N–H and O–H groups in total. The average Bonchev–Trinajstić information content (AvgIpc) is 2.40. The molecule has 0 spiro atoms. The number of halogens is 2. The van der Waals surface area contributed by atoms with Crippen LogP contribution in [0.1, 0.15) is 30.9 Å². The summed E-state index contributed by atoms with van der Waals surface area (Å²) < 4.78 is 4.98. The minimum atomic E-state index is -0.634. The number of ether oxygens (including phenoxy) is 1. The van der Waals surface area contributed by atoms with Gasteiger partial charge in [0.1, 0.15) is 0 Å². The van der Waals surface area contributed by atoms with Crippen LogP contribution in [0.3, 0.4) is 0 Å². The fraction of sp³-hybridized carbons (Fsp3) is 0.571. The molecule has 0 heterocycles. The zero-order chi connectivity index (χ0) is 14.1. The van der Waals surface area contributed by atoms with Crippen LogP contribution in [0.25, 0.3) is 0 Å². The summed E-state index contributed by atoms with van der Waals surface area (Å²) in [6.07, 6.45) is 2.62. The smallest absolute Gasteiger partial charge is 0.0929 e. The summed E-state index contributed by atoms with van der Waals surface area (Å²) in [6.45, 7) is 2.16. The van der Waals surface area contributed by atoms with E-state index in [9.17, 15) is 5.11 Å². The van der Waals surface area contributed by atoms with Gasteiger partial charge in [-0.05, 0) is 44.0 Å². The maximum atomic E-state index is 10.0. The van der Waals surface area contributed by atoms with Crippen molar-refractivity contribution in [3.63, 3.8) is 0 Å². The molecule has 0 aromatic heterocycles. The monoisotopic (exact) mass is 305 g/mol. The standard InChI is InChI=1S/C14H21Cl2NO2/c1-19-8-4-2-3-7-17-10-14(18)12-9-11(15)5-6-13(12)16/h5-6,9,14,17-18H,2-4,7-8,10H2,1H3. The van der Waals surface area contributed by atoms with Crippen molar-refractivity contribution >= 4 is 23.2 Å². The van der Waals surface area contributed by atoms with E-state index in [2.05, 4.69) is 5.32 Å². The van der Waals surface area contributed by atoms with Crippen LogP contribution < -0.4 is 5.32 Å². The van der Waals surface area contributed by atoms with Gasteiger partial charge in [0.25, 0.3) is 0 Å². The second-order valence-electron chi connectivity index (χ2n) is 4.44. The Balaban J connectivity index is 2.23. The quantitative estimate of drug-likeness (QED) is 0.687. The van der Waals surface area contributed by atoms with Gasteiger partial charge in [-0.3, -0.25) is 0 Å². The van der Waals surface area contributed by atoms with Gasteiger partial charge in [-0.15, -0.1) is 0 Å². The van der Waals surface area contributed by atoms with Crippen LogP contribution in [0.4, 0.5) is 0 Å². The van der Waals surface area contributed by atoms with Crippen molar-refractivity contribution in [1.82, 2.24) is 5.32 Å². The first-order valence-corrected chi connectivity index (χ1v) is 7.23. The fourth-order valence-electron chi connectivity index (χ4n) is 1.79. The van der Waals surface area contributed by atoms with E-state index >= 15 is 0 Å². The molecule has 1 rings (SSSR count). The van der Waals surface area contributed by atoms with Crippen LogP contribution in [0.2, 0.25) is 10.0 Å². The first-order chi connectivity index (χ1) is 9.15. The lowest BCUT2D eigenvalue weighted by Gasteiger charge is -2.14. The zero-order valence-electron chi connectivity index (χ0n) is 11.2. The van der Waals surface area contributed by atoms with Crippen LogP contribution in [0.15, 0.2) is 18.2 Å². The fourth-order valence-corrected chi connectivity index (χ4v) is 2.22. The molecule has 0 aliphatic carbocycles. The van der Waals surface area contributed by atoms with Gasteiger partial charge < -0.3 is 15.2 Å². The summed E-state index contributed by atoms with van der Waals surface area (Å²) in [4.78, 5) is 0. The molecule has 1 atom stereocenters. The number of hydrogen-bond acceptors (Lipinski definition) is 3. The van der Waals surface area contributed by atoms with Gasteiger partial charge in [0.05, 0.1) is 6.10 Å². The molecule has 0 fully saturated rings. The molecule has 0 saturated heterocycles. The summed E-state index contributed by atoms with van der Waals surface area (Å²) in [5.41, 5.74) is 0.668. The number of benzene rings is 1. The lowest BCUT2D eigenvalue weighted by molar-refractivity contribution is 0.174. The molecule has 108 valence electrons. The normalized spacial score (nSPS) is 12.6. The highest BCUT2D eigenvalue weighted by atomic mass is 35.5. The van der Waals surface area contributed by atoms with Gasteiger partial charge in [0.2, 0.25) is 0 Å². The first-order valence-electron chi connectivity index (χ1n) is 6.48. The zero-order valence-corrected chi connectivity index (χ0v) is 12.7. The molecule has 0 aliphatic heterocycles. The van der Waals surface area contributed by atoms with Gasteiger partial charge in [0.15, 0.2) is 0 Å². The molecule has 0 amide bonds. The Morgan fingerprint density at radius 2 is 2.05 bits per heavy atom. The summed E-state index contributed by atoms with van der Waals surface area (Å²) in [5, 5.41) is 14.4. The van der Waals surface area contributed by atoms with Crippen molar-refractivity contribution in [1.29, 1.82) is 0 Å². The summed E-state index contributed by atoms with van der Waals surface area (Å²) in [6, 6.07) is 5.12. The van der Waals surface area contributed by atoms with Crippen LogP contribution >= 0.6 is 23.2 Å². The first kappa shape index (κ1) is 16.7.